The fourth-order valence-corrected chi connectivity index (χ4v) is 6.12. The lowest BCUT2D eigenvalue weighted by atomic mass is 10.3. The Hall–Kier alpha value is -3.56. The minimum absolute atomic E-state index is 0.0359. The second kappa shape index (κ2) is 13.3. The summed E-state index contributed by atoms with van der Waals surface area (Å²) in [7, 11) is -0.119. The van der Waals surface area contributed by atoms with Crippen LogP contribution in [0.1, 0.15) is 6.92 Å². The highest BCUT2D eigenvalue weighted by molar-refractivity contribution is 8.01. The van der Waals surface area contributed by atoms with Crippen LogP contribution in [0.4, 0.5) is 10.8 Å². The number of amides is 1. The highest BCUT2D eigenvalue weighted by Gasteiger charge is 2.29. The van der Waals surface area contributed by atoms with Crippen molar-refractivity contribution >= 4 is 55.8 Å². The molecule has 0 atom stereocenters. The second-order valence-electron chi connectivity index (χ2n) is 7.24. The van der Waals surface area contributed by atoms with Gasteiger partial charge in [-0.1, -0.05) is 23.1 Å². The monoisotopic (exact) mass is 582 g/mol. The predicted molar refractivity (Wildman–Crippen MR) is 143 cm³/mol. The smallest absolute Gasteiger partial charge is 0.316 e. The molecule has 15 heteroatoms. The molecule has 0 aliphatic rings. The Morgan fingerprint density at radius 3 is 2.37 bits per heavy atom. The Balaban J connectivity index is 1.88. The van der Waals surface area contributed by atoms with Crippen LogP contribution in [0.5, 0.6) is 17.2 Å². The van der Waals surface area contributed by atoms with Crippen molar-refractivity contribution in [2.45, 2.75) is 16.2 Å². The lowest BCUT2D eigenvalue weighted by molar-refractivity contribution is -0.137. The zero-order valence-electron chi connectivity index (χ0n) is 21.0. The third-order valence-corrected chi connectivity index (χ3v) is 8.58. The third-order valence-electron chi connectivity index (χ3n) is 4.86. The molecule has 204 valence electrons. The molecule has 0 unspecified atom stereocenters. The van der Waals surface area contributed by atoms with Gasteiger partial charge in [0.15, 0.2) is 15.8 Å². The number of esters is 1. The number of anilines is 2. The van der Waals surface area contributed by atoms with Crippen molar-refractivity contribution in [3.63, 3.8) is 0 Å². The Bertz CT molecular complexity index is 1360. The van der Waals surface area contributed by atoms with Gasteiger partial charge in [0, 0.05) is 6.07 Å². The molecule has 0 radical (unpaired) electrons. The maximum atomic E-state index is 13.7. The van der Waals surface area contributed by atoms with E-state index in [1.807, 2.05) is 6.92 Å². The van der Waals surface area contributed by atoms with Gasteiger partial charge in [-0.05, 0) is 43.3 Å². The molecular weight excluding hydrogens is 556 g/mol. The summed E-state index contributed by atoms with van der Waals surface area (Å²) in [4.78, 5) is 24.2. The number of ether oxygens (including phenoxy) is 4. The van der Waals surface area contributed by atoms with Crippen LogP contribution in [0.15, 0.2) is 51.7 Å². The molecule has 0 aliphatic carbocycles. The van der Waals surface area contributed by atoms with Crippen molar-refractivity contribution in [3.8, 4) is 17.2 Å². The molecule has 0 fully saturated rings. The molecule has 38 heavy (non-hydrogen) atoms. The summed E-state index contributed by atoms with van der Waals surface area (Å²) >= 11 is 2.15. The first-order valence-corrected chi connectivity index (χ1v) is 14.3. The minimum atomic E-state index is -4.23. The molecule has 2 aromatic carbocycles. The molecule has 1 amide bonds. The fourth-order valence-electron chi connectivity index (χ4n) is 3.08. The van der Waals surface area contributed by atoms with Gasteiger partial charge in [-0.2, -0.15) is 0 Å². The largest absolute Gasteiger partial charge is 0.494 e. The number of carbonyl (C=O) groups is 2. The number of benzene rings is 2. The fraction of sp³-hybridized carbons (Fsp3) is 0.304. The van der Waals surface area contributed by atoms with Crippen LogP contribution in [0.3, 0.4) is 0 Å². The molecule has 0 saturated heterocycles. The van der Waals surface area contributed by atoms with E-state index in [4.69, 9.17) is 14.2 Å². The molecule has 0 spiro atoms. The number of methoxy groups -OCH3 is 3. The maximum Gasteiger partial charge on any atom is 0.316 e. The van der Waals surface area contributed by atoms with Gasteiger partial charge < -0.3 is 18.9 Å². The number of thioether (sulfide) groups is 1. The standard InChI is InChI=1S/C23H26N4O8S3/c1-5-35-16-8-6-15(7-9-16)27(38(30,31)17-10-11-18(32-2)19(12-17)33-3)13-20(28)24-22-25-26-23(37-22)36-14-21(29)34-4/h6-12H,5,13-14H2,1-4H3,(H,24,25,28). The number of nitrogens with one attached hydrogen (secondary N) is 1. The number of rotatable bonds is 13. The SMILES string of the molecule is CCOc1ccc(N(CC(=O)Nc2nnc(SCC(=O)OC)s2)S(=O)(=O)c2ccc(OC)c(OC)c2)cc1. The van der Waals surface area contributed by atoms with Crippen LogP contribution in [0.25, 0.3) is 0 Å². The van der Waals surface area contributed by atoms with Crippen LogP contribution in [0, 0.1) is 0 Å². The first-order valence-electron chi connectivity index (χ1n) is 11.0. The van der Waals surface area contributed by atoms with Crippen molar-refractivity contribution in [3.05, 3.63) is 42.5 Å². The van der Waals surface area contributed by atoms with Crippen molar-refractivity contribution in [2.75, 3.05) is 49.9 Å². The molecule has 1 aromatic heterocycles. The summed E-state index contributed by atoms with van der Waals surface area (Å²) < 4.78 is 49.4. The molecular formula is C23H26N4O8S3. The topological polar surface area (TPSA) is 146 Å². The first-order chi connectivity index (χ1) is 18.2. The predicted octanol–water partition coefficient (Wildman–Crippen LogP) is 3.05. The maximum absolute atomic E-state index is 13.7. The summed E-state index contributed by atoms with van der Waals surface area (Å²) in [5.74, 6) is 0.0824. The van der Waals surface area contributed by atoms with Gasteiger partial charge in [0.2, 0.25) is 11.0 Å². The Kier molecular flexibility index (Phi) is 10.2. The van der Waals surface area contributed by atoms with Gasteiger partial charge in [0.05, 0.1) is 44.3 Å². The number of hydrogen-bond donors (Lipinski definition) is 1. The van der Waals surface area contributed by atoms with E-state index in [0.717, 1.165) is 27.4 Å². The summed E-state index contributed by atoms with van der Waals surface area (Å²) in [6.07, 6.45) is 0. The van der Waals surface area contributed by atoms with Crippen molar-refractivity contribution in [2.24, 2.45) is 0 Å². The van der Waals surface area contributed by atoms with Crippen LogP contribution >= 0.6 is 23.1 Å². The van der Waals surface area contributed by atoms with Crippen molar-refractivity contribution < 1.29 is 37.0 Å². The zero-order valence-corrected chi connectivity index (χ0v) is 23.4. The number of nitrogens with zero attached hydrogens (tertiary/aromatic N) is 3. The van der Waals surface area contributed by atoms with Gasteiger partial charge in [0.1, 0.15) is 12.3 Å². The number of sulfonamides is 1. The molecule has 0 saturated carbocycles. The zero-order chi connectivity index (χ0) is 27.7. The van der Waals surface area contributed by atoms with Crippen LogP contribution in [0.2, 0.25) is 0 Å². The van der Waals surface area contributed by atoms with Crippen LogP contribution in [-0.2, 0) is 24.3 Å². The number of hydrogen-bond acceptors (Lipinski definition) is 12. The quantitative estimate of drug-likeness (QED) is 0.180. The van der Waals surface area contributed by atoms with Gasteiger partial charge in [-0.3, -0.25) is 19.2 Å². The summed E-state index contributed by atoms with van der Waals surface area (Å²) in [5.41, 5.74) is 0.241. The summed E-state index contributed by atoms with van der Waals surface area (Å²) in [5, 5.41) is 10.5. The van der Waals surface area contributed by atoms with E-state index >= 15 is 0 Å². The van der Waals surface area contributed by atoms with E-state index in [9.17, 15) is 18.0 Å². The molecule has 3 aromatic rings. The number of carbonyl (C=O) groups excluding carboxylic acids is 2. The van der Waals surface area contributed by atoms with E-state index in [0.29, 0.717) is 22.4 Å². The highest BCUT2D eigenvalue weighted by Crippen LogP contribution is 2.33. The average Bonchev–Trinajstić information content (AvgIpc) is 3.37. The van der Waals surface area contributed by atoms with Gasteiger partial charge in [0.25, 0.3) is 10.0 Å². The Morgan fingerprint density at radius 1 is 1.03 bits per heavy atom. The first kappa shape index (κ1) is 29.0. The summed E-state index contributed by atoms with van der Waals surface area (Å²) in [6.45, 7) is 1.71. The third kappa shape index (κ3) is 7.26. The molecule has 0 bridgehead atoms. The van der Waals surface area contributed by atoms with Crippen LogP contribution in [-0.4, -0.2) is 70.7 Å². The second-order valence-corrected chi connectivity index (χ2v) is 11.3. The van der Waals surface area contributed by atoms with Crippen molar-refractivity contribution in [1.29, 1.82) is 0 Å². The van der Waals surface area contributed by atoms with Gasteiger partial charge in [-0.15, -0.1) is 10.2 Å². The normalized spacial score (nSPS) is 10.9. The molecule has 1 heterocycles. The lowest BCUT2D eigenvalue weighted by Gasteiger charge is -2.24. The lowest BCUT2D eigenvalue weighted by Crippen LogP contribution is -2.38. The van der Waals surface area contributed by atoms with E-state index in [1.165, 1.54) is 39.5 Å². The van der Waals surface area contributed by atoms with E-state index in [1.54, 1.807) is 24.3 Å². The van der Waals surface area contributed by atoms with Crippen molar-refractivity contribution in [1.82, 2.24) is 10.2 Å². The molecule has 3 rings (SSSR count). The number of aromatic nitrogens is 2. The average molecular weight is 583 g/mol. The Morgan fingerprint density at radius 2 is 1.74 bits per heavy atom. The minimum Gasteiger partial charge on any atom is -0.494 e. The van der Waals surface area contributed by atoms with E-state index in [2.05, 4.69) is 20.3 Å². The summed E-state index contributed by atoms with van der Waals surface area (Å²) in [6, 6.07) is 10.5. The van der Waals surface area contributed by atoms with Gasteiger partial charge in [-0.25, -0.2) is 8.42 Å². The van der Waals surface area contributed by atoms with E-state index < -0.39 is 28.4 Å². The van der Waals surface area contributed by atoms with Crippen LogP contribution < -0.4 is 23.8 Å². The molecule has 1 N–H and O–H groups in total. The van der Waals surface area contributed by atoms with Gasteiger partial charge >= 0.3 is 5.97 Å². The highest BCUT2D eigenvalue weighted by atomic mass is 32.2. The Labute approximate surface area is 228 Å². The molecule has 0 aliphatic heterocycles. The molecule has 12 nitrogen and oxygen atoms in total. The van der Waals surface area contributed by atoms with E-state index in [-0.39, 0.29) is 27.2 Å².